The molecule has 0 fully saturated rings. The monoisotopic (exact) mass is 445 g/mol. The SMILES string of the molecule is COc1cc(Nc2cc(Oc3ccc(N)c4ccccc34)ccn2)cc(OC(C)(C)CO)c1. The van der Waals surface area contributed by atoms with Gasteiger partial charge in [0.2, 0.25) is 0 Å². The maximum absolute atomic E-state index is 9.52. The van der Waals surface area contributed by atoms with Crippen molar-refractivity contribution >= 4 is 28.0 Å². The highest BCUT2D eigenvalue weighted by molar-refractivity contribution is 5.97. The highest BCUT2D eigenvalue weighted by Crippen LogP contribution is 2.34. The van der Waals surface area contributed by atoms with Gasteiger partial charge in [0.05, 0.1) is 13.7 Å². The lowest BCUT2D eigenvalue weighted by Crippen LogP contribution is -2.32. The molecule has 1 heterocycles. The van der Waals surface area contributed by atoms with Gasteiger partial charge in [-0.3, -0.25) is 0 Å². The number of nitrogen functional groups attached to an aromatic ring is 1. The zero-order valence-electron chi connectivity index (χ0n) is 18.8. The van der Waals surface area contributed by atoms with Gasteiger partial charge in [0.1, 0.15) is 34.4 Å². The van der Waals surface area contributed by atoms with Crippen LogP contribution < -0.4 is 25.3 Å². The number of aromatic nitrogens is 1. The first kappa shape index (κ1) is 22.2. The van der Waals surface area contributed by atoms with Crippen LogP contribution in [0.15, 0.2) is 72.9 Å². The summed E-state index contributed by atoms with van der Waals surface area (Å²) in [6.45, 7) is 3.50. The second kappa shape index (κ2) is 9.26. The number of methoxy groups -OCH3 is 1. The van der Waals surface area contributed by atoms with Gasteiger partial charge in [-0.25, -0.2) is 4.98 Å². The Kier molecular flexibility index (Phi) is 6.24. The van der Waals surface area contributed by atoms with E-state index in [4.69, 9.17) is 19.9 Å². The van der Waals surface area contributed by atoms with E-state index in [1.54, 1.807) is 25.4 Å². The third kappa shape index (κ3) is 5.27. The molecule has 0 aliphatic carbocycles. The van der Waals surface area contributed by atoms with Gasteiger partial charge < -0.3 is 30.4 Å². The predicted octanol–water partition coefficient (Wildman–Crippen LogP) is 5.51. The lowest BCUT2D eigenvalue weighted by molar-refractivity contribution is 0.0411. The Labute approximate surface area is 192 Å². The fourth-order valence-electron chi connectivity index (χ4n) is 3.37. The third-order valence-electron chi connectivity index (χ3n) is 5.04. The van der Waals surface area contributed by atoms with E-state index < -0.39 is 5.60 Å². The molecule has 0 saturated carbocycles. The van der Waals surface area contributed by atoms with E-state index in [0.29, 0.717) is 34.5 Å². The van der Waals surface area contributed by atoms with Gasteiger partial charge in [0, 0.05) is 52.6 Å². The maximum Gasteiger partial charge on any atom is 0.135 e. The molecule has 0 amide bonds. The first-order valence-corrected chi connectivity index (χ1v) is 10.5. The summed E-state index contributed by atoms with van der Waals surface area (Å²) in [5.41, 5.74) is 6.80. The highest BCUT2D eigenvalue weighted by atomic mass is 16.5. The summed E-state index contributed by atoms with van der Waals surface area (Å²) in [7, 11) is 1.59. The van der Waals surface area contributed by atoms with Crippen molar-refractivity contribution in [1.82, 2.24) is 4.98 Å². The molecule has 0 atom stereocenters. The maximum atomic E-state index is 9.52. The van der Waals surface area contributed by atoms with Gasteiger partial charge >= 0.3 is 0 Å². The van der Waals surface area contributed by atoms with Crippen LogP contribution in [0.4, 0.5) is 17.2 Å². The molecule has 7 nitrogen and oxygen atoms in total. The Morgan fingerprint density at radius 1 is 0.939 bits per heavy atom. The highest BCUT2D eigenvalue weighted by Gasteiger charge is 2.19. The Hall–Kier alpha value is -3.97. The van der Waals surface area contributed by atoms with Crippen LogP contribution in [-0.2, 0) is 0 Å². The smallest absolute Gasteiger partial charge is 0.135 e. The number of nitrogens with zero attached hydrogens (tertiary/aromatic N) is 1. The number of ether oxygens (including phenoxy) is 3. The summed E-state index contributed by atoms with van der Waals surface area (Å²) in [6.07, 6.45) is 1.67. The summed E-state index contributed by atoms with van der Waals surface area (Å²) in [4.78, 5) is 4.40. The van der Waals surface area contributed by atoms with Crippen LogP contribution in [0.5, 0.6) is 23.0 Å². The van der Waals surface area contributed by atoms with E-state index in [0.717, 1.165) is 16.5 Å². The van der Waals surface area contributed by atoms with E-state index in [2.05, 4.69) is 10.3 Å². The molecule has 4 aromatic rings. The van der Waals surface area contributed by atoms with E-state index in [1.807, 2.05) is 68.4 Å². The van der Waals surface area contributed by atoms with Crippen molar-refractivity contribution in [3.8, 4) is 23.0 Å². The van der Waals surface area contributed by atoms with Gasteiger partial charge in [0.15, 0.2) is 0 Å². The van der Waals surface area contributed by atoms with Gasteiger partial charge in [0.25, 0.3) is 0 Å². The summed E-state index contributed by atoms with van der Waals surface area (Å²) in [6, 6.07) is 20.6. The standard InChI is InChI=1S/C26H27N3O4/c1-26(2,16-30)33-20-13-17(12-19(14-20)31-3)29-25-15-18(10-11-28-25)32-24-9-8-23(27)21-6-4-5-7-22(21)24/h4-15,30H,16,27H2,1-3H3,(H,28,29). The number of anilines is 3. The van der Waals surface area contributed by atoms with Crippen LogP contribution in [0, 0.1) is 0 Å². The number of aliphatic hydroxyl groups excluding tert-OH is 1. The number of nitrogens with two attached hydrogens (primary N) is 1. The van der Waals surface area contributed by atoms with Crippen LogP contribution in [0.2, 0.25) is 0 Å². The number of fused-ring (bicyclic) bond motifs is 1. The molecule has 3 aromatic carbocycles. The number of hydrogen-bond acceptors (Lipinski definition) is 7. The quantitative estimate of drug-likeness (QED) is 0.308. The molecule has 7 heteroatoms. The number of pyridine rings is 1. The molecule has 0 spiro atoms. The summed E-state index contributed by atoms with van der Waals surface area (Å²) in [5, 5.41) is 14.7. The molecule has 1 aromatic heterocycles. The lowest BCUT2D eigenvalue weighted by Gasteiger charge is -2.24. The van der Waals surface area contributed by atoms with Gasteiger partial charge in [-0.1, -0.05) is 24.3 Å². The average molecular weight is 446 g/mol. The van der Waals surface area contributed by atoms with Gasteiger partial charge in [-0.15, -0.1) is 0 Å². The summed E-state index contributed by atoms with van der Waals surface area (Å²) in [5.74, 6) is 3.11. The van der Waals surface area contributed by atoms with Crippen LogP contribution in [0.1, 0.15) is 13.8 Å². The largest absolute Gasteiger partial charge is 0.497 e. The Balaban J connectivity index is 1.59. The van der Waals surface area contributed by atoms with Crippen molar-refractivity contribution in [3.05, 3.63) is 72.9 Å². The molecule has 0 saturated heterocycles. The molecule has 0 radical (unpaired) electrons. The number of rotatable bonds is 8. The molecule has 170 valence electrons. The minimum Gasteiger partial charge on any atom is -0.497 e. The van der Waals surface area contributed by atoms with Crippen molar-refractivity contribution in [2.24, 2.45) is 0 Å². The number of benzene rings is 3. The summed E-state index contributed by atoms with van der Waals surface area (Å²) >= 11 is 0. The molecule has 33 heavy (non-hydrogen) atoms. The number of aliphatic hydroxyl groups is 1. The number of nitrogens with one attached hydrogen (secondary N) is 1. The first-order valence-electron chi connectivity index (χ1n) is 10.5. The molecule has 0 unspecified atom stereocenters. The van der Waals surface area contributed by atoms with E-state index in [1.165, 1.54) is 0 Å². The van der Waals surface area contributed by atoms with Crippen molar-refractivity contribution in [2.45, 2.75) is 19.4 Å². The molecule has 0 bridgehead atoms. The molecular weight excluding hydrogens is 418 g/mol. The fraction of sp³-hybridized carbons (Fsp3) is 0.192. The molecule has 4 N–H and O–H groups in total. The van der Waals surface area contributed by atoms with Crippen LogP contribution >= 0.6 is 0 Å². The van der Waals surface area contributed by atoms with Crippen molar-refractivity contribution in [1.29, 1.82) is 0 Å². The fourth-order valence-corrected chi connectivity index (χ4v) is 3.37. The molecular formula is C26H27N3O4. The molecule has 0 aliphatic rings. The third-order valence-corrected chi connectivity index (χ3v) is 5.04. The Morgan fingerprint density at radius 2 is 1.70 bits per heavy atom. The van der Waals surface area contributed by atoms with Crippen LogP contribution in [-0.4, -0.2) is 29.4 Å². The Bertz CT molecular complexity index is 1270. The second-order valence-corrected chi connectivity index (χ2v) is 8.22. The zero-order valence-corrected chi connectivity index (χ0v) is 18.8. The van der Waals surface area contributed by atoms with Crippen LogP contribution in [0.25, 0.3) is 10.8 Å². The molecule has 0 aliphatic heterocycles. The van der Waals surface area contributed by atoms with E-state index in [9.17, 15) is 5.11 Å². The summed E-state index contributed by atoms with van der Waals surface area (Å²) < 4.78 is 17.5. The van der Waals surface area contributed by atoms with Crippen molar-refractivity contribution in [3.63, 3.8) is 0 Å². The van der Waals surface area contributed by atoms with E-state index >= 15 is 0 Å². The van der Waals surface area contributed by atoms with Crippen molar-refractivity contribution in [2.75, 3.05) is 24.8 Å². The zero-order chi connectivity index (χ0) is 23.4. The minimum absolute atomic E-state index is 0.117. The van der Waals surface area contributed by atoms with Gasteiger partial charge in [-0.2, -0.15) is 0 Å². The van der Waals surface area contributed by atoms with Crippen molar-refractivity contribution < 1.29 is 19.3 Å². The van der Waals surface area contributed by atoms with Gasteiger partial charge in [-0.05, 0) is 32.0 Å². The predicted molar refractivity (Wildman–Crippen MR) is 131 cm³/mol. The van der Waals surface area contributed by atoms with Crippen LogP contribution in [0.3, 0.4) is 0 Å². The minimum atomic E-state index is -0.725. The lowest BCUT2D eigenvalue weighted by atomic mass is 10.1. The Morgan fingerprint density at radius 3 is 2.45 bits per heavy atom. The topological polar surface area (TPSA) is 98.9 Å². The molecule has 4 rings (SSSR count). The second-order valence-electron chi connectivity index (χ2n) is 8.22. The number of hydrogen-bond donors (Lipinski definition) is 3. The normalized spacial score (nSPS) is 11.3. The average Bonchev–Trinajstić information content (AvgIpc) is 2.81. The van der Waals surface area contributed by atoms with E-state index in [-0.39, 0.29) is 6.61 Å². The first-order chi connectivity index (χ1) is 15.9.